The van der Waals surface area contributed by atoms with Crippen molar-refractivity contribution in [2.24, 2.45) is 0 Å². The van der Waals surface area contributed by atoms with Gasteiger partial charge in [-0.1, -0.05) is 359 Å². The van der Waals surface area contributed by atoms with Gasteiger partial charge in [-0.05, 0) is 83.5 Å². The summed E-state index contributed by atoms with van der Waals surface area (Å²) in [5, 5.41) is 23.4. The first-order chi connectivity index (χ1) is 41.0. The zero-order valence-electron chi connectivity index (χ0n) is 56.2. The van der Waals surface area contributed by atoms with E-state index in [-0.39, 0.29) is 18.5 Å². The van der Waals surface area contributed by atoms with Crippen LogP contribution in [0.15, 0.2) is 36.5 Å². The molecule has 0 bridgehead atoms. The summed E-state index contributed by atoms with van der Waals surface area (Å²) >= 11 is 0. The first-order valence-electron chi connectivity index (χ1n) is 37.7. The van der Waals surface area contributed by atoms with E-state index >= 15 is 0 Å². The first kappa shape index (κ1) is 81.1. The minimum Gasteiger partial charge on any atom is -0.466 e. The van der Waals surface area contributed by atoms with E-state index in [9.17, 15) is 19.8 Å². The standard InChI is InChI=1S/C77H147NO5/c1-3-5-7-9-11-13-15-17-19-21-39-43-47-51-55-59-63-67-71-77(82)83-72-68-64-60-56-52-48-44-40-36-34-32-30-28-26-24-22-23-25-27-29-31-33-35-38-42-46-50-54-58-62-66-70-76(81)78-74(73-79)75(80)69-65-61-57-53-49-45-41-37-20-18-16-14-12-10-8-6-4-2/h13,15,19,21,24,26,74-75,79-80H,3-12,14,16-18,20,22-23,25,27-73H2,1-2H3,(H,78,81)/b15-13-,21-19-,26-24-. The number of rotatable bonds is 71. The molecule has 0 aliphatic rings. The maximum Gasteiger partial charge on any atom is 0.305 e. The molecule has 0 aliphatic carbocycles. The number of carbonyl (C=O) groups is 2. The van der Waals surface area contributed by atoms with Crippen LogP contribution in [0, 0.1) is 0 Å². The number of hydrogen-bond acceptors (Lipinski definition) is 5. The summed E-state index contributed by atoms with van der Waals surface area (Å²) in [5.41, 5.74) is 0. The molecule has 0 aliphatic heterocycles. The third kappa shape index (κ3) is 69.1. The van der Waals surface area contributed by atoms with Crippen molar-refractivity contribution in [2.45, 2.75) is 431 Å². The Morgan fingerprint density at radius 1 is 0.337 bits per heavy atom. The van der Waals surface area contributed by atoms with Crippen molar-refractivity contribution in [1.82, 2.24) is 5.32 Å². The predicted octanol–water partition coefficient (Wildman–Crippen LogP) is 24.7. The highest BCUT2D eigenvalue weighted by atomic mass is 16.5. The highest BCUT2D eigenvalue weighted by Gasteiger charge is 2.20. The zero-order chi connectivity index (χ0) is 59.9. The van der Waals surface area contributed by atoms with Crippen LogP contribution >= 0.6 is 0 Å². The number of hydrogen-bond donors (Lipinski definition) is 3. The predicted molar refractivity (Wildman–Crippen MR) is 366 cm³/mol. The average molecular weight is 1170 g/mol. The number of amides is 1. The number of aliphatic hydroxyl groups is 2. The Kier molecular flexibility index (Phi) is 70.9. The number of esters is 1. The van der Waals surface area contributed by atoms with Crippen molar-refractivity contribution >= 4 is 11.9 Å². The fraction of sp³-hybridized carbons (Fsp3) is 0.896. The van der Waals surface area contributed by atoms with Gasteiger partial charge in [-0.2, -0.15) is 0 Å². The van der Waals surface area contributed by atoms with E-state index in [2.05, 4.69) is 55.6 Å². The van der Waals surface area contributed by atoms with E-state index in [0.29, 0.717) is 25.9 Å². The van der Waals surface area contributed by atoms with Gasteiger partial charge in [0.15, 0.2) is 0 Å². The molecule has 490 valence electrons. The molecule has 2 unspecified atom stereocenters. The molecule has 6 heteroatoms. The second-order valence-corrected chi connectivity index (χ2v) is 26.0. The van der Waals surface area contributed by atoms with Crippen molar-refractivity contribution in [3.63, 3.8) is 0 Å². The SMILES string of the molecule is CCCCCC/C=C\C/C=C\CCCCCCCCCC(=O)OCCCCCCCCCCCCCC/C=C\CCCCCCCCCCCCCCCCCC(=O)NC(CO)C(O)CCCCCCCCCCCCCCCCCCC. The van der Waals surface area contributed by atoms with Gasteiger partial charge >= 0.3 is 5.97 Å². The highest BCUT2D eigenvalue weighted by Crippen LogP contribution is 2.19. The molecule has 0 heterocycles. The van der Waals surface area contributed by atoms with Crippen LogP contribution in [0.25, 0.3) is 0 Å². The topological polar surface area (TPSA) is 95.9 Å². The van der Waals surface area contributed by atoms with Crippen molar-refractivity contribution in [3.8, 4) is 0 Å². The van der Waals surface area contributed by atoms with Crippen LogP contribution in [0.1, 0.15) is 418 Å². The summed E-state index contributed by atoms with van der Waals surface area (Å²) in [6.07, 6.45) is 93.6. The van der Waals surface area contributed by atoms with Crippen LogP contribution in [0.5, 0.6) is 0 Å². The fourth-order valence-electron chi connectivity index (χ4n) is 11.9. The number of unbranched alkanes of at least 4 members (excludes halogenated alkanes) is 54. The molecule has 0 aromatic carbocycles. The van der Waals surface area contributed by atoms with E-state index in [0.717, 1.165) is 51.4 Å². The van der Waals surface area contributed by atoms with E-state index in [1.54, 1.807) is 0 Å². The van der Waals surface area contributed by atoms with E-state index in [1.807, 2.05) is 0 Å². The van der Waals surface area contributed by atoms with Gasteiger partial charge in [-0.3, -0.25) is 9.59 Å². The van der Waals surface area contributed by atoms with Gasteiger partial charge in [0.25, 0.3) is 0 Å². The minimum atomic E-state index is -0.663. The van der Waals surface area contributed by atoms with Gasteiger partial charge in [0.1, 0.15) is 0 Å². The van der Waals surface area contributed by atoms with Crippen molar-refractivity contribution in [2.75, 3.05) is 13.2 Å². The second kappa shape index (κ2) is 72.6. The number of aliphatic hydroxyl groups excluding tert-OH is 2. The molecule has 3 N–H and O–H groups in total. The molecule has 2 atom stereocenters. The van der Waals surface area contributed by atoms with Gasteiger partial charge in [0.05, 0.1) is 25.4 Å². The number of carbonyl (C=O) groups excluding carboxylic acids is 2. The first-order valence-corrected chi connectivity index (χ1v) is 37.7. The van der Waals surface area contributed by atoms with Crippen LogP contribution in [-0.4, -0.2) is 47.4 Å². The monoisotopic (exact) mass is 1170 g/mol. The van der Waals surface area contributed by atoms with Crippen molar-refractivity contribution in [1.29, 1.82) is 0 Å². The molecule has 0 spiro atoms. The molecule has 0 saturated carbocycles. The third-order valence-electron chi connectivity index (χ3n) is 17.7. The van der Waals surface area contributed by atoms with E-state index in [1.165, 1.54) is 334 Å². The fourth-order valence-corrected chi connectivity index (χ4v) is 11.9. The lowest BCUT2D eigenvalue weighted by Gasteiger charge is -2.22. The normalized spacial score (nSPS) is 12.7. The minimum absolute atomic E-state index is 0.0109. The van der Waals surface area contributed by atoms with Crippen LogP contribution in [0.3, 0.4) is 0 Å². The Labute approximate surface area is 519 Å². The van der Waals surface area contributed by atoms with Crippen LogP contribution in [0.2, 0.25) is 0 Å². The zero-order valence-corrected chi connectivity index (χ0v) is 56.2. The summed E-state index contributed by atoms with van der Waals surface area (Å²) in [6.45, 7) is 4.97. The Balaban J connectivity index is 3.35. The van der Waals surface area contributed by atoms with Crippen LogP contribution < -0.4 is 5.32 Å². The summed E-state index contributed by atoms with van der Waals surface area (Å²) in [4.78, 5) is 24.6. The maximum absolute atomic E-state index is 12.5. The Morgan fingerprint density at radius 2 is 0.602 bits per heavy atom. The number of ether oxygens (including phenoxy) is 1. The summed E-state index contributed by atoms with van der Waals surface area (Å²) in [5.74, 6) is -0.0184. The smallest absolute Gasteiger partial charge is 0.305 e. The van der Waals surface area contributed by atoms with Gasteiger partial charge in [0.2, 0.25) is 5.91 Å². The highest BCUT2D eigenvalue weighted by molar-refractivity contribution is 5.76. The molecule has 83 heavy (non-hydrogen) atoms. The lowest BCUT2D eigenvalue weighted by molar-refractivity contribution is -0.143. The Bertz CT molecular complexity index is 1340. The lowest BCUT2D eigenvalue weighted by atomic mass is 10.0. The van der Waals surface area contributed by atoms with E-state index < -0.39 is 12.1 Å². The van der Waals surface area contributed by atoms with Gasteiger partial charge in [-0.15, -0.1) is 0 Å². The van der Waals surface area contributed by atoms with Crippen LogP contribution in [-0.2, 0) is 14.3 Å². The quantitative estimate of drug-likeness (QED) is 0.0320. The number of nitrogens with one attached hydrogen (secondary N) is 1. The molecular weight excluding hydrogens is 1020 g/mol. The van der Waals surface area contributed by atoms with Gasteiger partial charge in [-0.25, -0.2) is 0 Å². The van der Waals surface area contributed by atoms with Gasteiger partial charge in [0, 0.05) is 12.8 Å². The third-order valence-corrected chi connectivity index (χ3v) is 17.7. The van der Waals surface area contributed by atoms with Gasteiger partial charge < -0.3 is 20.3 Å². The number of allylic oxidation sites excluding steroid dienone is 6. The van der Waals surface area contributed by atoms with Crippen molar-refractivity contribution < 1.29 is 24.5 Å². The maximum atomic E-state index is 12.5. The Hall–Kier alpha value is -1.92. The summed E-state index contributed by atoms with van der Waals surface area (Å²) in [7, 11) is 0. The summed E-state index contributed by atoms with van der Waals surface area (Å²) in [6, 6.07) is -0.540. The molecule has 0 saturated heterocycles. The molecule has 0 rings (SSSR count). The molecular formula is C77H147NO5. The largest absolute Gasteiger partial charge is 0.466 e. The van der Waals surface area contributed by atoms with Crippen LogP contribution in [0.4, 0.5) is 0 Å². The average Bonchev–Trinajstić information content (AvgIpc) is 3.48. The molecule has 0 aromatic heterocycles. The summed E-state index contributed by atoms with van der Waals surface area (Å²) < 4.78 is 5.50. The molecule has 1 amide bonds. The van der Waals surface area contributed by atoms with Crippen molar-refractivity contribution in [3.05, 3.63) is 36.5 Å². The second-order valence-electron chi connectivity index (χ2n) is 26.0. The molecule has 0 fully saturated rings. The molecule has 6 nitrogen and oxygen atoms in total. The molecule has 0 aromatic rings. The van der Waals surface area contributed by atoms with E-state index in [4.69, 9.17) is 4.74 Å². The Morgan fingerprint density at radius 3 is 0.940 bits per heavy atom. The lowest BCUT2D eigenvalue weighted by Crippen LogP contribution is -2.45. The molecule has 0 radical (unpaired) electrons.